The van der Waals surface area contributed by atoms with Gasteiger partial charge in [-0.2, -0.15) is 0 Å². The molecule has 0 aliphatic rings. The summed E-state index contributed by atoms with van der Waals surface area (Å²) in [6.45, 7) is 3.73. The van der Waals surface area contributed by atoms with Crippen molar-refractivity contribution in [3.63, 3.8) is 0 Å². The molecule has 11 heavy (non-hydrogen) atoms. The molecule has 0 aromatic carbocycles. The van der Waals surface area contributed by atoms with E-state index in [1.165, 1.54) is 6.42 Å². The first-order valence-corrected chi connectivity index (χ1v) is 4.17. The minimum absolute atomic E-state index is 0.827. The third-order valence-corrected chi connectivity index (χ3v) is 1.35. The van der Waals surface area contributed by atoms with E-state index < -0.39 is 0 Å². The van der Waals surface area contributed by atoms with E-state index in [4.69, 9.17) is 9.47 Å². The normalized spacial score (nSPS) is 10.7. The van der Waals surface area contributed by atoms with Gasteiger partial charge in [-0.1, -0.05) is 0 Å². The van der Waals surface area contributed by atoms with E-state index in [9.17, 15) is 0 Å². The zero-order valence-corrected chi connectivity index (χ0v) is 7.51. The van der Waals surface area contributed by atoms with Crippen LogP contribution in [-0.2, 0) is 9.47 Å². The van der Waals surface area contributed by atoms with Crippen LogP contribution in [0.15, 0.2) is 12.3 Å². The molecule has 0 heterocycles. The Kier molecular flexibility index (Phi) is 9.07. The van der Waals surface area contributed by atoms with Crippen LogP contribution in [-0.4, -0.2) is 20.3 Å². The Morgan fingerprint density at radius 3 is 2.73 bits per heavy atom. The SMILES string of the molecule is CCOCCCCC=COC. The van der Waals surface area contributed by atoms with Crippen LogP contribution in [0.2, 0.25) is 0 Å². The number of hydrogen-bond donors (Lipinski definition) is 0. The van der Waals surface area contributed by atoms with E-state index in [1.807, 2.05) is 13.0 Å². The smallest absolute Gasteiger partial charge is 0.0784 e. The third kappa shape index (κ3) is 9.50. The van der Waals surface area contributed by atoms with Gasteiger partial charge >= 0.3 is 0 Å². The lowest BCUT2D eigenvalue weighted by atomic mass is 10.2. The van der Waals surface area contributed by atoms with Crippen molar-refractivity contribution in [3.05, 3.63) is 12.3 Å². The number of unbranched alkanes of at least 4 members (excludes halogenated alkanes) is 2. The number of rotatable bonds is 7. The molecule has 0 bridgehead atoms. The lowest BCUT2D eigenvalue weighted by Gasteiger charge is -1.97. The molecular formula is C9H18O2. The summed E-state index contributed by atoms with van der Waals surface area (Å²) in [5.41, 5.74) is 0. The predicted octanol–water partition coefficient (Wildman–Crippen LogP) is 2.35. The van der Waals surface area contributed by atoms with Gasteiger partial charge < -0.3 is 9.47 Å². The Bertz CT molecular complexity index is 89.6. The molecule has 0 saturated carbocycles. The molecule has 0 atom stereocenters. The zero-order valence-electron chi connectivity index (χ0n) is 7.51. The molecule has 0 N–H and O–H groups in total. The first-order chi connectivity index (χ1) is 5.41. The van der Waals surface area contributed by atoms with Crippen LogP contribution in [0.25, 0.3) is 0 Å². The molecule has 0 unspecified atom stereocenters. The largest absolute Gasteiger partial charge is 0.505 e. The van der Waals surface area contributed by atoms with E-state index in [2.05, 4.69) is 0 Å². The zero-order chi connectivity index (χ0) is 8.36. The first kappa shape index (κ1) is 10.5. The van der Waals surface area contributed by atoms with Crippen molar-refractivity contribution in [2.45, 2.75) is 26.2 Å². The van der Waals surface area contributed by atoms with Crippen LogP contribution in [0.3, 0.4) is 0 Å². The molecule has 0 aromatic heterocycles. The van der Waals surface area contributed by atoms with Crippen molar-refractivity contribution in [3.8, 4) is 0 Å². The van der Waals surface area contributed by atoms with Crippen molar-refractivity contribution in [2.75, 3.05) is 20.3 Å². The summed E-state index contributed by atoms with van der Waals surface area (Å²) < 4.78 is 9.94. The molecule has 0 saturated heterocycles. The molecule has 2 heteroatoms. The lowest BCUT2D eigenvalue weighted by molar-refractivity contribution is 0.143. The molecule has 0 aliphatic carbocycles. The highest BCUT2D eigenvalue weighted by atomic mass is 16.5. The summed E-state index contributed by atoms with van der Waals surface area (Å²) in [4.78, 5) is 0. The molecule has 0 fully saturated rings. The van der Waals surface area contributed by atoms with E-state index in [0.717, 1.165) is 26.1 Å². The molecule has 0 aromatic rings. The van der Waals surface area contributed by atoms with Gasteiger partial charge in [0, 0.05) is 13.2 Å². The maximum Gasteiger partial charge on any atom is 0.0784 e. The average Bonchev–Trinajstić information content (AvgIpc) is 2.03. The Hall–Kier alpha value is -0.500. The van der Waals surface area contributed by atoms with Crippen LogP contribution in [0.5, 0.6) is 0 Å². The monoisotopic (exact) mass is 158 g/mol. The number of hydrogen-bond acceptors (Lipinski definition) is 2. The van der Waals surface area contributed by atoms with Crippen LogP contribution in [0.1, 0.15) is 26.2 Å². The second-order valence-electron chi connectivity index (χ2n) is 2.30. The summed E-state index contributed by atoms with van der Waals surface area (Å²) in [6.07, 6.45) is 7.16. The first-order valence-electron chi connectivity index (χ1n) is 4.17. The van der Waals surface area contributed by atoms with Gasteiger partial charge in [-0.25, -0.2) is 0 Å². The maximum atomic E-state index is 5.18. The van der Waals surface area contributed by atoms with Gasteiger partial charge in [-0.05, 0) is 32.3 Å². The van der Waals surface area contributed by atoms with Gasteiger partial charge in [0.25, 0.3) is 0 Å². The second-order valence-corrected chi connectivity index (χ2v) is 2.30. The molecule has 0 aliphatic heterocycles. The van der Waals surface area contributed by atoms with Crippen molar-refractivity contribution in [2.24, 2.45) is 0 Å². The van der Waals surface area contributed by atoms with Gasteiger partial charge in [-0.15, -0.1) is 0 Å². The quantitative estimate of drug-likeness (QED) is 0.418. The molecule has 0 rings (SSSR count). The van der Waals surface area contributed by atoms with Crippen LogP contribution >= 0.6 is 0 Å². The van der Waals surface area contributed by atoms with E-state index in [0.29, 0.717) is 0 Å². The molecule has 66 valence electrons. The van der Waals surface area contributed by atoms with Gasteiger partial charge in [0.15, 0.2) is 0 Å². The predicted molar refractivity (Wildman–Crippen MR) is 46.5 cm³/mol. The minimum atomic E-state index is 0.827. The van der Waals surface area contributed by atoms with E-state index in [1.54, 1.807) is 13.4 Å². The number of ether oxygens (including phenoxy) is 2. The third-order valence-electron chi connectivity index (χ3n) is 1.35. The highest BCUT2D eigenvalue weighted by molar-refractivity contribution is 4.72. The Morgan fingerprint density at radius 2 is 2.09 bits per heavy atom. The van der Waals surface area contributed by atoms with Crippen molar-refractivity contribution >= 4 is 0 Å². The fourth-order valence-corrected chi connectivity index (χ4v) is 0.775. The van der Waals surface area contributed by atoms with Crippen LogP contribution in [0, 0.1) is 0 Å². The highest BCUT2D eigenvalue weighted by Gasteiger charge is 1.85. The summed E-state index contributed by atoms with van der Waals surface area (Å²) in [6, 6.07) is 0. The van der Waals surface area contributed by atoms with Crippen LogP contribution < -0.4 is 0 Å². The molecule has 2 nitrogen and oxygen atoms in total. The van der Waals surface area contributed by atoms with Crippen molar-refractivity contribution < 1.29 is 9.47 Å². The van der Waals surface area contributed by atoms with E-state index >= 15 is 0 Å². The second kappa shape index (κ2) is 9.50. The Morgan fingerprint density at radius 1 is 1.27 bits per heavy atom. The van der Waals surface area contributed by atoms with Gasteiger partial charge in [0.2, 0.25) is 0 Å². The standard InChI is InChI=1S/C9H18O2/c1-3-11-9-7-5-4-6-8-10-2/h6,8H,3-5,7,9H2,1-2H3. The average molecular weight is 158 g/mol. The molecule has 0 spiro atoms. The summed E-state index contributed by atoms with van der Waals surface area (Å²) in [5.74, 6) is 0. The van der Waals surface area contributed by atoms with Crippen molar-refractivity contribution in [1.29, 1.82) is 0 Å². The molecular weight excluding hydrogens is 140 g/mol. The topological polar surface area (TPSA) is 18.5 Å². The summed E-state index contributed by atoms with van der Waals surface area (Å²) in [5, 5.41) is 0. The summed E-state index contributed by atoms with van der Waals surface area (Å²) in [7, 11) is 1.66. The van der Waals surface area contributed by atoms with Gasteiger partial charge in [0.1, 0.15) is 0 Å². The molecule has 0 amide bonds. The Balaban J connectivity index is 2.85. The van der Waals surface area contributed by atoms with E-state index in [-0.39, 0.29) is 0 Å². The minimum Gasteiger partial charge on any atom is -0.505 e. The number of allylic oxidation sites excluding steroid dienone is 1. The Labute approximate surface area is 69.2 Å². The van der Waals surface area contributed by atoms with Crippen LogP contribution in [0.4, 0.5) is 0 Å². The number of methoxy groups -OCH3 is 1. The highest BCUT2D eigenvalue weighted by Crippen LogP contribution is 1.96. The maximum absolute atomic E-state index is 5.18. The van der Waals surface area contributed by atoms with Gasteiger partial charge in [-0.3, -0.25) is 0 Å². The lowest BCUT2D eigenvalue weighted by Crippen LogP contribution is -1.92. The summed E-state index contributed by atoms with van der Waals surface area (Å²) >= 11 is 0. The van der Waals surface area contributed by atoms with Gasteiger partial charge in [0.05, 0.1) is 13.4 Å². The van der Waals surface area contributed by atoms with Crippen molar-refractivity contribution in [1.82, 2.24) is 0 Å². The molecule has 0 radical (unpaired) electrons. The fraction of sp³-hybridized carbons (Fsp3) is 0.778. The fourth-order valence-electron chi connectivity index (χ4n) is 0.775.